The number of benzene rings is 2. The van der Waals surface area contributed by atoms with Crippen LogP contribution in [-0.2, 0) is 4.79 Å². The van der Waals surface area contributed by atoms with Gasteiger partial charge in [0.1, 0.15) is 6.33 Å². The van der Waals surface area contributed by atoms with Crippen molar-refractivity contribution in [2.45, 2.75) is 12.1 Å². The molecule has 3 rings (SSSR count). The standard InChI is InChI=1S/C17H15IN4OS/c1-12-4-2-3-5-15(12)22-11-19-21-17(22)24-10-16(23)20-14-8-6-13(18)7-9-14/h2-9,11H,10H2,1H3,(H,20,23). The lowest BCUT2D eigenvalue weighted by molar-refractivity contribution is -0.113. The Kier molecular flexibility index (Phi) is 5.52. The van der Waals surface area contributed by atoms with Gasteiger partial charge in [-0.3, -0.25) is 9.36 Å². The van der Waals surface area contributed by atoms with Crippen LogP contribution in [0.4, 0.5) is 5.69 Å². The van der Waals surface area contributed by atoms with Gasteiger partial charge in [-0.15, -0.1) is 10.2 Å². The third-order valence-electron chi connectivity index (χ3n) is 3.35. The summed E-state index contributed by atoms with van der Waals surface area (Å²) in [5.41, 5.74) is 2.94. The van der Waals surface area contributed by atoms with Gasteiger partial charge in [0, 0.05) is 9.26 Å². The van der Waals surface area contributed by atoms with Crippen LogP contribution in [0.25, 0.3) is 5.69 Å². The second-order valence-electron chi connectivity index (χ2n) is 5.11. The molecule has 0 saturated heterocycles. The average Bonchev–Trinajstić information content (AvgIpc) is 3.04. The van der Waals surface area contributed by atoms with Crippen molar-refractivity contribution < 1.29 is 4.79 Å². The fourth-order valence-electron chi connectivity index (χ4n) is 2.18. The van der Waals surface area contributed by atoms with Crippen molar-refractivity contribution in [3.05, 3.63) is 64.0 Å². The number of amides is 1. The molecule has 0 radical (unpaired) electrons. The monoisotopic (exact) mass is 450 g/mol. The van der Waals surface area contributed by atoms with Gasteiger partial charge in [0.2, 0.25) is 5.91 Å². The van der Waals surface area contributed by atoms with Gasteiger partial charge in [-0.05, 0) is 65.4 Å². The van der Waals surface area contributed by atoms with E-state index in [1.54, 1.807) is 6.33 Å². The SMILES string of the molecule is Cc1ccccc1-n1cnnc1SCC(=O)Nc1ccc(I)cc1. The van der Waals surface area contributed by atoms with Gasteiger partial charge in [0.15, 0.2) is 5.16 Å². The molecule has 0 atom stereocenters. The summed E-state index contributed by atoms with van der Waals surface area (Å²) in [4.78, 5) is 12.1. The molecular weight excluding hydrogens is 435 g/mol. The first kappa shape index (κ1) is 17.0. The van der Waals surface area contributed by atoms with Crippen LogP contribution in [-0.4, -0.2) is 26.4 Å². The van der Waals surface area contributed by atoms with Crippen LogP contribution in [0.15, 0.2) is 60.0 Å². The molecule has 1 amide bonds. The molecule has 7 heteroatoms. The molecule has 1 heterocycles. The van der Waals surface area contributed by atoms with Gasteiger partial charge < -0.3 is 5.32 Å². The Balaban J connectivity index is 1.65. The minimum absolute atomic E-state index is 0.0689. The van der Waals surface area contributed by atoms with Gasteiger partial charge in [-0.25, -0.2) is 0 Å². The smallest absolute Gasteiger partial charge is 0.234 e. The van der Waals surface area contributed by atoms with Crippen molar-refractivity contribution >= 4 is 45.9 Å². The van der Waals surface area contributed by atoms with E-state index in [1.807, 2.05) is 60.0 Å². The number of thioether (sulfide) groups is 1. The molecule has 0 aliphatic carbocycles. The summed E-state index contributed by atoms with van der Waals surface area (Å²) in [5, 5.41) is 11.7. The zero-order chi connectivity index (χ0) is 16.9. The Hall–Kier alpha value is -1.87. The van der Waals surface area contributed by atoms with Gasteiger partial charge >= 0.3 is 0 Å². The molecule has 0 spiro atoms. The quantitative estimate of drug-likeness (QED) is 0.473. The minimum atomic E-state index is -0.0689. The maximum atomic E-state index is 12.1. The fraction of sp³-hybridized carbons (Fsp3) is 0.118. The third kappa shape index (κ3) is 4.15. The van der Waals surface area contributed by atoms with Crippen molar-refractivity contribution in [1.29, 1.82) is 0 Å². The highest BCUT2D eigenvalue weighted by Crippen LogP contribution is 2.22. The van der Waals surface area contributed by atoms with Crippen molar-refractivity contribution in [2.24, 2.45) is 0 Å². The number of nitrogens with one attached hydrogen (secondary N) is 1. The molecule has 2 aromatic carbocycles. The molecule has 122 valence electrons. The van der Waals surface area contributed by atoms with E-state index in [1.165, 1.54) is 11.8 Å². The number of para-hydroxylation sites is 1. The molecule has 5 nitrogen and oxygen atoms in total. The Morgan fingerprint density at radius 3 is 2.71 bits per heavy atom. The normalized spacial score (nSPS) is 10.6. The molecule has 1 N–H and O–H groups in total. The van der Waals surface area contributed by atoms with Crippen LogP contribution in [0.2, 0.25) is 0 Å². The van der Waals surface area contributed by atoms with Crippen LogP contribution in [0.5, 0.6) is 0 Å². The second-order valence-corrected chi connectivity index (χ2v) is 7.30. The molecule has 1 aromatic heterocycles. The van der Waals surface area contributed by atoms with E-state index >= 15 is 0 Å². The summed E-state index contributed by atoms with van der Waals surface area (Å²) >= 11 is 3.59. The summed E-state index contributed by atoms with van der Waals surface area (Å²) in [5.74, 6) is 0.205. The molecular formula is C17H15IN4OS. The molecule has 0 saturated carbocycles. The van der Waals surface area contributed by atoms with E-state index in [9.17, 15) is 4.79 Å². The predicted octanol–water partition coefficient (Wildman–Crippen LogP) is 3.91. The largest absolute Gasteiger partial charge is 0.325 e. The van der Waals surface area contributed by atoms with Crippen molar-refractivity contribution in [3.8, 4) is 5.69 Å². The van der Waals surface area contributed by atoms with Gasteiger partial charge in [-0.2, -0.15) is 0 Å². The number of hydrogen-bond acceptors (Lipinski definition) is 4. The Morgan fingerprint density at radius 2 is 1.96 bits per heavy atom. The maximum absolute atomic E-state index is 12.1. The van der Waals surface area contributed by atoms with Gasteiger partial charge in [-0.1, -0.05) is 30.0 Å². The molecule has 0 fully saturated rings. The van der Waals surface area contributed by atoms with Crippen LogP contribution in [0, 0.1) is 10.5 Å². The zero-order valence-electron chi connectivity index (χ0n) is 12.9. The number of nitrogens with zero attached hydrogens (tertiary/aromatic N) is 3. The van der Waals surface area contributed by atoms with E-state index < -0.39 is 0 Å². The van der Waals surface area contributed by atoms with E-state index in [2.05, 4.69) is 38.1 Å². The highest BCUT2D eigenvalue weighted by Gasteiger charge is 2.11. The molecule has 24 heavy (non-hydrogen) atoms. The van der Waals surface area contributed by atoms with Gasteiger partial charge in [0.25, 0.3) is 0 Å². The Labute approximate surface area is 158 Å². The summed E-state index contributed by atoms with van der Waals surface area (Å²) in [6.07, 6.45) is 1.67. The van der Waals surface area contributed by atoms with E-state index in [4.69, 9.17) is 0 Å². The average molecular weight is 450 g/mol. The first-order valence-corrected chi connectivity index (χ1v) is 9.34. The van der Waals surface area contributed by atoms with E-state index in [-0.39, 0.29) is 11.7 Å². The topological polar surface area (TPSA) is 59.8 Å². The zero-order valence-corrected chi connectivity index (χ0v) is 15.9. The van der Waals surface area contributed by atoms with Crippen LogP contribution in [0.3, 0.4) is 0 Å². The lowest BCUT2D eigenvalue weighted by Crippen LogP contribution is -2.14. The number of aryl methyl sites for hydroxylation is 1. The summed E-state index contributed by atoms with van der Waals surface area (Å²) < 4.78 is 3.03. The highest BCUT2D eigenvalue weighted by atomic mass is 127. The van der Waals surface area contributed by atoms with Crippen LogP contribution >= 0.6 is 34.4 Å². The third-order valence-corrected chi connectivity index (χ3v) is 5.01. The lowest BCUT2D eigenvalue weighted by atomic mass is 10.2. The van der Waals surface area contributed by atoms with E-state index in [0.29, 0.717) is 5.16 Å². The highest BCUT2D eigenvalue weighted by molar-refractivity contribution is 14.1. The summed E-state index contributed by atoms with van der Waals surface area (Å²) in [6.45, 7) is 2.03. The molecule has 0 aliphatic rings. The lowest BCUT2D eigenvalue weighted by Gasteiger charge is -2.09. The summed E-state index contributed by atoms with van der Waals surface area (Å²) in [6, 6.07) is 15.7. The maximum Gasteiger partial charge on any atom is 0.234 e. The first-order valence-electron chi connectivity index (χ1n) is 7.28. The number of aromatic nitrogens is 3. The summed E-state index contributed by atoms with van der Waals surface area (Å²) in [7, 11) is 0. The number of halogens is 1. The fourth-order valence-corrected chi connectivity index (χ4v) is 3.26. The van der Waals surface area contributed by atoms with Crippen LogP contribution < -0.4 is 5.32 Å². The minimum Gasteiger partial charge on any atom is -0.325 e. The molecule has 0 bridgehead atoms. The van der Waals surface area contributed by atoms with Gasteiger partial charge in [0.05, 0.1) is 11.4 Å². The Bertz CT molecular complexity index is 848. The molecule has 0 unspecified atom stereocenters. The predicted molar refractivity (Wildman–Crippen MR) is 105 cm³/mol. The number of rotatable bonds is 5. The van der Waals surface area contributed by atoms with E-state index in [0.717, 1.165) is 20.5 Å². The molecule has 0 aliphatic heterocycles. The van der Waals surface area contributed by atoms with Crippen LogP contribution in [0.1, 0.15) is 5.56 Å². The second kappa shape index (κ2) is 7.80. The Morgan fingerprint density at radius 1 is 1.21 bits per heavy atom. The van der Waals surface area contributed by atoms with Crippen molar-refractivity contribution in [3.63, 3.8) is 0 Å². The number of carbonyl (C=O) groups excluding carboxylic acids is 1. The van der Waals surface area contributed by atoms with Crippen molar-refractivity contribution in [2.75, 3.05) is 11.1 Å². The molecule has 3 aromatic rings. The number of hydrogen-bond donors (Lipinski definition) is 1. The number of carbonyl (C=O) groups is 1. The van der Waals surface area contributed by atoms with Crippen molar-refractivity contribution in [1.82, 2.24) is 14.8 Å². The first-order chi connectivity index (χ1) is 11.6. The number of anilines is 1.